The number of hydrogen-bond acceptors (Lipinski definition) is 3. The number of aryl methyl sites for hydroxylation is 1. The van der Waals surface area contributed by atoms with Gasteiger partial charge in [0.05, 0.1) is 9.75 Å². The Morgan fingerprint density at radius 3 is 2.90 bits per heavy atom. The van der Waals surface area contributed by atoms with Gasteiger partial charge in [-0.2, -0.15) is 0 Å². The van der Waals surface area contributed by atoms with Gasteiger partial charge in [-0.25, -0.2) is 0 Å². The van der Waals surface area contributed by atoms with Crippen LogP contribution in [0.5, 0.6) is 0 Å². The monoisotopic (exact) mass is 289 g/mol. The Kier molecular flexibility index (Phi) is 3.57. The molecule has 0 radical (unpaired) electrons. The maximum atomic E-state index is 12.2. The number of nitrogens with one attached hydrogen (secondary N) is 1. The molecule has 0 spiro atoms. The van der Waals surface area contributed by atoms with Crippen LogP contribution in [0.1, 0.15) is 45.8 Å². The fraction of sp³-hybridized carbons (Fsp3) is 0.562. The fourth-order valence-electron chi connectivity index (χ4n) is 2.77. The predicted molar refractivity (Wildman–Crippen MR) is 79.7 cm³/mol. The predicted octanol–water partition coefficient (Wildman–Crippen LogP) is 2.32. The van der Waals surface area contributed by atoms with Gasteiger partial charge in [0, 0.05) is 6.54 Å². The van der Waals surface area contributed by atoms with Crippen LogP contribution in [0.4, 0.5) is 0 Å². The molecule has 2 saturated carbocycles. The standard InChI is InChI=1S/C16H19NO2S/c1-11-9-14(20-13(11)3-2-8-18)15(19)17-10-16(6-7-16)12-4-5-12/h9,12,18H,4-8,10H2,1H3,(H,17,19). The Morgan fingerprint density at radius 2 is 2.30 bits per heavy atom. The van der Waals surface area contributed by atoms with Gasteiger partial charge in [0.1, 0.15) is 6.61 Å². The summed E-state index contributed by atoms with van der Waals surface area (Å²) in [6.07, 6.45) is 5.23. The van der Waals surface area contributed by atoms with Gasteiger partial charge in [0.15, 0.2) is 0 Å². The van der Waals surface area contributed by atoms with Crippen LogP contribution in [0, 0.1) is 30.1 Å². The molecule has 0 saturated heterocycles. The first-order valence-electron chi connectivity index (χ1n) is 7.13. The van der Waals surface area contributed by atoms with E-state index < -0.39 is 0 Å². The molecular weight excluding hydrogens is 270 g/mol. The average Bonchev–Trinajstić information content (AvgIpc) is 3.32. The third kappa shape index (κ3) is 2.74. The zero-order chi connectivity index (χ0) is 14.2. The molecule has 2 aliphatic rings. The molecule has 3 nitrogen and oxygen atoms in total. The first-order valence-corrected chi connectivity index (χ1v) is 7.95. The lowest BCUT2D eigenvalue weighted by molar-refractivity contribution is 0.0946. The first kappa shape index (κ1) is 13.7. The molecule has 0 aromatic carbocycles. The molecule has 4 heteroatoms. The Balaban J connectivity index is 1.62. The summed E-state index contributed by atoms with van der Waals surface area (Å²) >= 11 is 1.41. The fourth-order valence-corrected chi connectivity index (χ4v) is 3.73. The SMILES string of the molecule is Cc1cc(C(=O)NCC2(C3CC3)CC2)sc1C#CCO. The summed E-state index contributed by atoms with van der Waals surface area (Å²) in [6, 6.07) is 1.89. The molecule has 2 aliphatic carbocycles. The lowest BCUT2D eigenvalue weighted by Crippen LogP contribution is -2.30. The number of hydrogen-bond donors (Lipinski definition) is 2. The molecular formula is C16H19NO2S. The topological polar surface area (TPSA) is 49.3 Å². The summed E-state index contributed by atoms with van der Waals surface area (Å²) < 4.78 is 0. The van der Waals surface area contributed by atoms with Gasteiger partial charge in [-0.3, -0.25) is 4.79 Å². The highest BCUT2D eigenvalue weighted by molar-refractivity contribution is 7.14. The van der Waals surface area contributed by atoms with Crippen molar-refractivity contribution in [2.75, 3.05) is 13.2 Å². The van der Waals surface area contributed by atoms with Crippen molar-refractivity contribution in [1.82, 2.24) is 5.32 Å². The smallest absolute Gasteiger partial charge is 0.261 e. The van der Waals surface area contributed by atoms with E-state index in [1.54, 1.807) is 0 Å². The molecule has 0 bridgehead atoms. The van der Waals surface area contributed by atoms with Crippen molar-refractivity contribution in [1.29, 1.82) is 0 Å². The van der Waals surface area contributed by atoms with Gasteiger partial charge in [-0.05, 0) is 55.6 Å². The number of thiophene rings is 1. The van der Waals surface area contributed by atoms with Crippen molar-refractivity contribution in [2.45, 2.75) is 32.6 Å². The summed E-state index contributed by atoms with van der Waals surface area (Å²) in [7, 11) is 0. The highest BCUT2D eigenvalue weighted by atomic mass is 32.1. The number of rotatable bonds is 4. The van der Waals surface area contributed by atoms with Crippen LogP contribution in [0.25, 0.3) is 0 Å². The minimum Gasteiger partial charge on any atom is -0.384 e. The molecule has 1 aromatic rings. The van der Waals surface area contributed by atoms with Crippen molar-refractivity contribution in [3.8, 4) is 11.8 Å². The molecule has 0 aliphatic heterocycles. The molecule has 106 valence electrons. The second kappa shape index (κ2) is 5.23. The second-order valence-corrected chi connectivity index (χ2v) is 6.95. The van der Waals surface area contributed by atoms with E-state index in [1.165, 1.54) is 37.0 Å². The second-order valence-electron chi connectivity index (χ2n) is 5.90. The Labute approximate surface area is 123 Å². The zero-order valence-corrected chi connectivity index (χ0v) is 12.5. The third-order valence-electron chi connectivity index (χ3n) is 4.36. The Hall–Kier alpha value is -1.31. The van der Waals surface area contributed by atoms with E-state index in [1.807, 2.05) is 13.0 Å². The van der Waals surface area contributed by atoms with E-state index in [9.17, 15) is 4.79 Å². The first-order chi connectivity index (χ1) is 9.64. The van der Waals surface area contributed by atoms with E-state index in [2.05, 4.69) is 17.2 Å². The van der Waals surface area contributed by atoms with E-state index in [0.717, 1.165) is 27.8 Å². The molecule has 0 atom stereocenters. The van der Waals surface area contributed by atoms with E-state index in [-0.39, 0.29) is 12.5 Å². The van der Waals surface area contributed by atoms with Gasteiger partial charge in [0.2, 0.25) is 0 Å². The van der Waals surface area contributed by atoms with Crippen molar-refractivity contribution in [3.05, 3.63) is 21.4 Å². The average molecular weight is 289 g/mol. The summed E-state index contributed by atoms with van der Waals surface area (Å²) in [5, 5.41) is 11.8. The number of carbonyl (C=O) groups is 1. The van der Waals surface area contributed by atoms with E-state index >= 15 is 0 Å². The molecule has 3 rings (SSSR count). The molecule has 1 heterocycles. The highest BCUT2D eigenvalue weighted by Gasteiger charge is 2.53. The van der Waals surface area contributed by atoms with Gasteiger partial charge in [-0.15, -0.1) is 11.3 Å². The summed E-state index contributed by atoms with van der Waals surface area (Å²) in [5.74, 6) is 6.40. The maximum absolute atomic E-state index is 12.2. The van der Waals surface area contributed by atoms with Gasteiger partial charge < -0.3 is 10.4 Å². The molecule has 1 amide bonds. The number of carbonyl (C=O) groups excluding carboxylic acids is 1. The Bertz CT molecular complexity index is 585. The number of aliphatic hydroxyl groups is 1. The van der Waals surface area contributed by atoms with Gasteiger partial charge in [-0.1, -0.05) is 11.8 Å². The van der Waals surface area contributed by atoms with Crippen molar-refractivity contribution in [2.24, 2.45) is 11.3 Å². The van der Waals surface area contributed by atoms with E-state index in [0.29, 0.717) is 5.41 Å². The van der Waals surface area contributed by atoms with Crippen LogP contribution in [0.2, 0.25) is 0 Å². The third-order valence-corrected chi connectivity index (χ3v) is 5.51. The Morgan fingerprint density at radius 1 is 1.55 bits per heavy atom. The van der Waals surface area contributed by atoms with Gasteiger partial charge in [0.25, 0.3) is 5.91 Å². The molecule has 2 fully saturated rings. The van der Waals surface area contributed by atoms with Crippen LogP contribution in [-0.2, 0) is 0 Å². The molecule has 0 unspecified atom stereocenters. The van der Waals surface area contributed by atoms with Crippen LogP contribution in [0.3, 0.4) is 0 Å². The van der Waals surface area contributed by atoms with Crippen LogP contribution >= 0.6 is 11.3 Å². The number of aliphatic hydroxyl groups excluding tert-OH is 1. The lowest BCUT2D eigenvalue weighted by atomic mass is 10.0. The summed E-state index contributed by atoms with van der Waals surface area (Å²) in [6.45, 7) is 2.62. The highest BCUT2D eigenvalue weighted by Crippen LogP contribution is 2.60. The van der Waals surface area contributed by atoms with Crippen LogP contribution < -0.4 is 5.32 Å². The quantitative estimate of drug-likeness (QED) is 0.836. The lowest BCUT2D eigenvalue weighted by Gasteiger charge is -2.14. The van der Waals surface area contributed by atoms with E-state index in [4.69, 9.17) is 5.11 Å². The van der Waals surface area contributed by atoms with Gasteiger partial charge >= 0.3 is 0 Å². The largest absolute Gasteiger partial charge is 0.384 e. The van der Waals surface area contributed by atoms with Crippen LogP contribution in [-0.4, -0.2) is 24.2 Å². The van der Waals surface area contributed by atoms with Crippen molar-refractivity contribution < 1.29 is 9.90 Å². The molecule has 20 heavy (non-hydrogen) atoms. The van der Waals surface area contributed by atoms with Crippen molar-refractivity contribution >= 4 is 17.2 Å². The summed E-state index contributed by atoms with van der Waals surface area (Å²) in [4.78, 5) is 13.8. The minimum absolute atomic E-state index is 0.0158. The van der Waals surface area contributed by atoms with Crippen molar-refractivity contribution in [3.63, 3.8) is 0 Å². The molecule has 2 N–H and O–H groups in total. The molecule has 1 aromatic heterocycles. The normalized spacial score (nSPS) is 19.1. The minimum atomic E-state index is -0.150. The summed E-state index contributed by atoms with van der Waals surface area (Å²) in [5.41, 5.74) is 1.44. The maximum Gasteiger partial charge on any atom is 0.261 e. The zero-order valence-electron chi connectivity index (χ0n) is 11.7. The number of amides is 1. The van der Waals surface area contributed by atoms with Crippen LogP contribution in [0.15, 0.2) is 6.07 Å².